The highest BCUT2D eigenvalue weighted by molar-refractivity contribution is 5.87. The molecule has 1 aromatic heterocycles. The Morgan fingerprint density at radius 1 is 0.979 bits per heavy atom. The van der Waals surface area contributed by atoms with Crippen molar-refractivity contribution in [2.75, 3.05) is 39.3 Å². The van der Waals surface area contributed by atoms with Gasteiger partial charge in [-0.3, -0.25) is 9.69 Å². The molecule has 0 saturated carbocycles. The molecule has 4 aromatic rings. The number of aromatic amines is 1. The Bertz CT molecular complexity index is 1720. The number of pyridine rings is 1. The van der Waals surface area contributed by atoms with Crippen molar-refractivity contribution in [1.82, 2.24) is 15.2 Å². The average Bonchev–Trinajstić information content (AvgIpc) is 3.10. The number of rotatable bonds is 14. The van der Waals surface area contributed by atoms with Gasteiger partial charge in [-0.2, -0.15) is 0 Å². The van der Waals surface area contributed by atoms with Gasteiger partial charge >= 0.3 is 5.97 Å². The maximum atomic E-state index is 13.7. The van der Waals surface area contributed by atoms with Crippen molar-refractivity contribution in [2.24, 2.45) is 5.92 Å². The number of hydrogen-bond acceptors (Lipinski definition) is 9. The summed E-state index contributed by atoms with van der Waals surface area (Å²) in [7, 11) is 0. The van der Waals surface area contributed by atoms with Crippen LogP contribution in [0.15, 0.2) is 83.7 Å². The number of nitrogens with zero attached hydrogens (tertiary/aromatic N) is 1. The number of benzene rings is 3. The van der Waals surface area contributed by atoms with Crippen molar-refractivity contribution in [3.05, 3.63) is 106 Å². The fourth-order valence-corrected chi connectivity index (χ4v) is 6.78. The normalized spacial score (nSPS) is 20.9. The molecule has 0 aliphatic carbocycles. The number of hydrogen-bond donors (Lipinski definition) is 5. The van der Waals surface area contributed by atoms with E-state index in [-0.39, 0.29) is 17.4 Å². The van der Waals surface area contributed by atoms with E-state index in [2.05, 4.69) is 15.2 Å². The number of esters is 1. The zero-order valence-electron chi connectivity index (χ0n) is 26.4. The number of piperidine rings is 3. The van der Waals surface area contributed by atoms with Crippen LogP contribution in [0, 0.1) is 5.92 Å². The van der Waals surface area contributed by atoms with Crippen molar-refractivity contribution in [3.8, 4) is 11.5 Å². The molecule has 0 spiro atoms. The van der Waals surface area contributed by atoms with E-state index in [9.17, 15) is 24.9 Å². The summed E-state index contributed by atoms with van der Waals surface area (Å²) in [5, 5.41) is 36.7. The van der Waals surface area contributed by atoms with Gasteiger partial charge in [0.25, 0.3) is 0 Å². The Kier molecular flexibility index (Phi) is 10.2. The lowest BCUT2D eigenvalue weighted by molar-refractivity contribution is -0.177. The lowest BCUT2D eigenvalue weighted by Crippen LogP contribution is -2.53. The molecule has 2 bridgehead atoms. The van der Waals surface area contributed by atoms with E-state index in [0.717, 1.165) is 45.2 Å². The van der Waals surface area contributed by atoms with E-state index in [1.54, 1.807) is 54.6 Å². The van der Waals surface area contributed by atoms with Gasteiger partial charge in [-0.15, -0.1) is 0 Å². The van der Waals surface area contributed by atoms with Crippen LogP contribution in [0.25, 0.3) is 10.9 Å². The third-order valence-corrected chi connectivity index (χ3v) is 9.46. The first-order chi connectivity index (χ1) is 22.8. The van der Waals surface area contributed by atoms with Gasteiger partial charge in [-0.1, -0.05) is 48.5 Å². The van der Waals surface area contributed by atoms with E-state index < -0.39 is 17.7 Å². The fourth-order valence-electron chi connectivity index (χ4n) is 6.78. The number of unbranched alkanes of at least 4 members (excludes halogenated alkanes) is 2. The lowest BCUT2D eigenvalue weighted by Gasteiger charge is -2.44. The maximum Gasteiger partial charge on any atom is 0.348 e. The van der Waals surface area contributed by atoms with Gasteiger partial charge in [-0.25, -0.2) is 4.79 Å². The van der Waals surface area contributed by atoms with Crippen LogP contribution >= 0.6 is 0 Å². The Hall–Kier alpha value is -4.22. The average molecular weight is 642 g/mol. The molecule has 0 unspecified atom stereocenters. The summed E-state index contributed by atoms with van der Waals surface area (Å²) in [6, 6.07) is 22.1. The van der Waals surface area contributed by atoms with Crippen LogP contribution in [0.4, 0.5) is 0 Å². The molecule has 3 aromatic carbocycles. The molecule has 3 aliphatic heterocycles. The third-order valence-electron chi connectivity index (χ3n) is 9.46. The van der Waals surface area contributed by atoms with Gasteiger partial charge in [0.15, 0.2) is 0 Å². The minimum absolute atomic E-state index is 0.0374. The van der Waals surface area contributed by atoms with Crippen molar-refractivity contribution in [3.63, 3.8) is 0 Å². The molecule has 3 atom stereocenters. The first-order valence-electron chi connectivity index (χ1n) is 16.5. The number of H-pyrrole nitrogens is 1. The van der Waals surface area contributed by atoms with Gasteiger partial charge in [0, 0.05) is 30.1 Å². The Balaban J connectivity index is 0.992. The zero-order chi connectivity index (χ0) is 32.8. The minimum Gasteiger partial charge on any atom is -0.506 e. The molecule has 7 rings (SSSR count). The molecule has 4 heterocycles. The second kappa shape index (κ2) is 14.7. The SMILES string of the molecule is O=C(O[C@H]1CN2CCC1CC2)[C@@](O)(c1ccccc1)c1cccc(OCCCCCNC[C@H](O)c2ccc(O)c3[nH]c(=O)ccc23)c1. The number of aromatic hydroxyl groups is 1. The highest BCUT2D eigenvalue weighted by Gasteiger charge is 2.45. The van der Waals surface area contributed by atoms with Crippen molar-refractivity contribution >= 4 is 16.9 Å². The second-order valence-corrected chi connectivity index (χ2v) is 12.6. The van der Waals surface area contributed by atoms with Crippen LogP contribution in [-0.2, 0) is 15.1 Å². The number of carbonyl (C=O) groups excluding carboxylic acids is 1. The van der Waals surface area contributed by atoms with Crippen molar-refractivity contribution in [1.29, 1.82) is 0 Å². The van der Waals surface area contributed by atoms with E-state index in [1.165, 1.54) is 12.1 Å². The minimum atomic E-state index is -1.97. The molecular formula is C37H43N3O7. The van der Waals surface area contributed by atoms with Crippen LogP contribution in [-0.4, -0.2) is 76.6 Å². The molecular weight excluding hydrogens is 598 g/mol. The number of fused-ring (bicyclic) bond motifs is 4. The number of phenolic OH excluding ortho intramolecular Hbond substituents is 1. The zero-order valence-corrected chi connectivity index (χ0v) is 26.4. The van der Waals surface area contributed by atoms with E-state index in [1.807, 2.05) is 12.1 Å². The summed E-state index contributed by atoms with van der Waals surface area (Å²) in [5.74, 6) is 0.193. The first kappa shape index (κ1) is 32.7. The van der Waals surface area contributed by atoms with Gasteiger partial charge in [0.2, 0.25) is 11.2 Å². The van der Waals surface area contributed by atoms with Crippen molar-refractivity contribution in [2.45, 2.75) is 49.9 Å². The fraction of sp³-hybridized carbons (Fsp3) is 0.405. The van der Waals surface area contributed by atoms with Gasteiger partial charge in [-0.05, 0) is 93.0 Å². The molecule has 3 fully saturated rings. The topological polar surface area (TPSA) is 144 Å². The Labute approximate surface area is 274 Å². The van der Waals surface area contributed by atoms with Crippen LogP contribution in [0.3, 0.4) is 0 Å². The standard InChI is InChI=1S/C37H43N3O7/c41-31-14-12-29(30-13-15-34(43)39-35(30)31)32(42)23-38-18-5-2-6-21-46-28-11-7-10-27(22-28)37(45,26-8-3-1-4-9-26)36(44)47-33-24-40-19-16-25(33)17-20-40/h1,3-4,7-15,22,25,32-33,38,41-42,45H,2,5-6,16-21,23-24H2,(H,39,43)/t32-,33-,37+/m0/s1. The highest BCUT2D eigenvalue weighted by Crippen LogP contribution is 2.36. The Morgan fingerprint density at radius 2 is 1.77 bits per heavy atom. The van der Waals surface area contributed by atoms with E-state index in [4.69, 9.17) is 9.47 Å². The molecule has 3 aliphatic rings. The summed E-state index contributed by atoms with van der Waals surface area (Å²) in [6.07, 6.45) is 3.55. The predicted octanol–water partition coefficient (Wildman–Crippen LogP) is 3.98. The highest BCUT2D eigenvalue weighted by atomic mass is 16.6. The lowest BCUT2D eigenvalue weighted by atomic mass is 9.84. The molecule has 5 N–H and O–H groups in total. The number of phenols is 1. The smallest absolute Gasteiger partial charge is 0.348 e. The maximum absolute atomic E-state index is 13.7. The van der Waals surface area contributed by atoms with Crippen LogP contribution in [0.2, 0.25) is 0 Å². The third kappa shape index (κ3) is 7.36. The molecule has 0 amide bonds. The van der Waals surface area contributed by atoms with Gasteiger partial charge < -0.3 is 35.1 Å². The second-order valence-electron chi connectivity index (χ2n) is 12.6. The summed E-state index contributed by atoms with van der Waals surface area (Å²) in [5.41, 5.74) is -0.482. The quantitative estimate of drug-likeness (QED) is 0.102. The summed E-state index contributed by atoms with van der Waals surface area (Å²) < 4.78 is 12.1. The van der Waals surface area contributed by atoms with Crippen LogP contribution in [0.5, 0.6) is 11.5 Å². The van der Waals surface area contributed by atoms with Crippen LogP contribution in [0.1, 0.15) is 54.9 Å². The molecule has 10 nitrogen and oxygen atoms in total. The van der Waals surface area contributed by atoms with Gasteiger partial charge in [0.05, 0.1) is 18.2 Å². The van der Waals surface area contributed by atoms with Gasteiger partial charge in [0.1, 0.15) is 17.6 Å². The number of carbonyl (C=O) groups is 1. The first-order valence-corrected chi connectivity index (χ1v) is 16.5. The molecule has 47 heavy (non-hydrogen) atoms. The van der Waals surface area contributed by atoms with E-state index >= 15 is 0 Å². The number of aliphatic hydroxyl groups is 2. The largest absolute Gasteiger partial charge is 0.506 e. The number of aromatic nitrogens is 1. The molecule has 248 valence electrons. The molecule has 3 saturated heterocycles. The number of ether oxygens (including phenoxy) is 2. The summed E-state index contributed by atoms with van der Waals surface area (Å²) in [6.45, 7) is 4.27. The van der Waals surface area contributed by atoms with Crippen molar-refractivity contribution < 1.29 is 29.6 Å². The predicted molar refractivity (Wildman–Crippen MR) is 178 cm³/mol. The monoisotopic (exact) mass is 641 g/mol. The number of nitrogens with one attached hydrogen (secondary N) is 2. The Morgan fingerprint density at radius 3 is 2.53 bits per heavy atom. The molecule has 0 radical (unpaired) electrons. The molecule has 10 heteroatoms. The van der Waals surface area contributed by atoms with E-state index in [0.29, 0.717) is 65.5 Å². The summed E-state index contributed by atoms with van der Waals surface area (Å²) >= 11 is 0. The summed E-state index contributed by atoms with van der Waals surface area (Å²) in [4.78, 5) is 30.3. The number of aliphatic hydroxyl groups excluding tert-OH is 1. The van der Waals surface area contributed by atoms with Crippen LogP contribution < -0.4 is 15.6 Å².